The third-order valence-electron chi connectivity index (χ3n) is 3.33. The molecule has 1 aliphatic heterocycles. The van der Waals surface area contributed by atoms with Gasteiger partial charge in [-0.25, -0.2) is 9.97 Å². The summed E-state index contributed by atoms with van der Waals surface area (Å²) < 4.78 is 5.71. The van der Waals surface area contributed by atoms with Crippen LogP contribution in [0.2, 0.25) is 0 Å². The fourth-order valence-electron chi connectivity index (χ4n) is 2.18. The second kappa shape index (κ2) is 6.69. The van der Waals surface area contributed by atoms with Crippen molar-refractivity contribution in [3.8, 4) is 0 Å². The third-order valence-corrected chi connectivity index (χ3v) is 3.33. The average Bonchev–Trinajstić information content (AvgIpc) is 2.40. The summed E-state index contributed by atoms with van der Waals surface area (Å²) in [6, 6.07) is 2.03. The molecule has 0 amide bonds. The molecule has 1 atom stereocenters. The van der Waals surface area contributed by atoms with Gasteiger partial charge in [-0.1, -0.05) is 13.8 Å². The molecule has 1 N–H and O–H groups in total. The fraction of sp³-hybridized carbons (Fsp3) is 0.714. The van der Waals surface area contributed by atoms with Crippen LogP contribution in [0.15, 0.2) is 12.4 Å². The van der Waals surface area contributed by atoms with E-state index in [1.54, 1.807) is 6.33 Å². The van der Waals surface area contributed by atoms with E-state index in [2.05, 4.69) is 29.1 Å². The standard InChI is InChI=1S/C14H23N3O/c1-11(2)13-9-14(17-10-16-13)15-7-6-12-5-3-4-8-18-12/h9-12H,3-8H2,1-2H3,(H,15,16,17). The molecule has 1 aliphatic rings. The normalized spacial score (nSPS) is 20.1. The highest BCUT2D eigenvalue weighted by Crippen LogP contribution is 2.16. The molecule has 4 nitrogen and oxygen atoms in total. The lowest BCUT2D eigenvalue weighted by molar-refractivity contribution is 0.0134. The number of rotatable bonds is 5. The van der Waals surface area contributed by atoms with Crippen molar-refractivity contribution in [3.63, 3.8) is 0 Å². The molecule has 1 unspecified atom stereocenters. The summed E-state index contributed by atoms with van der Waals surface area (Å²) in [5, 5.41) is 3.36. The Kier molecular flexibility index (Phi) is 4.93. The van der Waals surface area contributed by atoms with Gasteiger partial charge in [-0.2, -0.15) is 0 Å². The zero-order chi connectivity index (χ0) is 12.8. The third kappa shape index (κ3) is 3.95. The smallest absolute Gasteiger partial charge is 0.129 e. The summed E-state index contributed by atoms with van der Waals surface area (Å²) in [5.74, 6) is 1.36. The summed E-state index contributed by atoms with van der Waals surface area (Å²) in [7, 11) is 0. The molecule has 2 heterocycles. The minimum Gasteiger partial charge on any atom is -0.378 e. The van der Waals surface area contributed by atoms with Crippen molar-refractivity contribution in [1.29, 1.82) is 0 Å². The molecule has 2 rings (SSSR count). The van der Waals surface area contributed by atoms with E-state index in [0.717, 1.165) is 31.1 Å². The molecule has 1 aromatic rings. The Morgan fingerprint density at radius 1 is 1.39 bits per heavy atom. The Bertz CT molecular complexity index is 362. The second-order valence-corrected chi connectivity index (χ2v) is 5.19. The lowest BCUT2D eigenvalue weighted by Crippen LogP contribution is -2.22. The first-order valence-corrected chi connectivity index (χ1v) is 6.93. The van der Waals surface area contributed by atoms with Crippen molar-refractivity contribution >= 4 is 5.82 Å². The van der Waals surface area contributed by atoms with Crippen LogP contribution in [0.1, 0.15) is 51.1 Å². The predicted molar refractivity (Wildman–Crippen MR) is 72.8 cm³/mol. The van der Waals surface area contributed by atoms with Gasteiger partial charge in [-0.15, -0.1) is 0 Å². The Labute approximate surface area is 109 Å². The molecule has 4 heteroatoms. The van der Waals surface area contributed by atoms with Crippen molar-refractivity contribution in [2.45, 2.75) is 51.6 Å². The molecule has 0 aromatic carbocycles. The Balaban J connectivity index is 1.77. The maximum absolute atomic E-state index is 5.71. The fourth-order valence-corrected chi connectivity index (χ4v) is 2.18. The van der Waals surface area contributed by atoms with Crippen LogP contribution in [0.4, 0.5) is 5.82 Å². The van der Waals surface area contributed by atoms with E-state index >= 15 is 0 Å². The van der Waals surface area contributed by atoms with E-state index in [1.807, 2.05) is 6.07 Å². The molecular weight excluding hydrogens is 226 g/mol. The van der Waals surface area contributed by atoms with E-state index in [4.69, 9.17) is 4.74 Å². The molecule has 1 fully saturated rings. The molecule has 0 aliphatic carbocycles. The SMILES string of the molecule is CC(C)c1cc(NCCC2CCCCO2)ncn1. The van der Waals surface area contributed by atoms with Crippen LogP contribution in [-0.4, -0.2) is 29.2 Å². The Hall–Kier alpha value is -1.16. The van der Waals surface area contributed by atoms with Gasteiger partial charge in [0.1, 0.15) is 12.1 Å². The van der Waals surface area contributed by atoms with Crippen molar-refractivity contribution in [1.82, 2.24) is 9.97 Å². The van der Waals surface area contributed by atoms with Crippen LogP contribution in [0.25, 0.3) is 0 Å². The Morgan fingerprint density at radius 3 is 3.00 bits per heavy atom. The number of ether oxygens (including phenoxy) is 1. The minimum absolute atomic E-state index is 0.428. The average molecular weight is 249 g/mol. The summed E-state index contributed by atoms with van der Waals surface area (Å²) in [5.41, 5.74) is 1.08. The summed E-state index contributed by atoms with van der Waals surface area (Å²) >= 11 is 0. The topological polar surface area (TPSA) is 47.0 Å². The number of nitrogens with one attached hydrogen (secondary N) is 1. The highest BCUT2D eigenvalue weighted by molar-refractivity contribution is 5.35. The zero-order valence-corrected chi connectivity index (χ0v) is 11.4. The lowest BCUT2D eigenvalue weighted by Gasteiger charge is -2.22. The van der Waals surface area contributed by atoms with E-state index < -0.39 is 0 Å². The maximum Gasteiger partial charge on any atom is 0.129 e. The van der Waals surface area contributed by atoms with Crippen LogP contribution in [0.5, 0.6) is 0 Å². The number of nitrogens with zero attached hydrogens (tertiary/aromatic N) is 2. The first-order valence-electron chi connectivity index (χ1n) is 6.93. The van der Waals surface area contributed by atoms with Gasteiger partial charge >= 0.3 is 0 Å². The number of hydrogen-bond acceptors (Lipinski definition) is 4. The molecule has 0 radical (unpaired) electrons. The summed E-state index contributed by atoms with van der Waals surface area (Å²) in [6.45, 7) is 6.12. The maximum atomic E-state index is 5.71. The predicted octanol–water partition coefficient (Wildman–Crippen LogP) is 2.97. The molecule has 0 saturated carbocycles. The molecule has 0 spiro atoms. The largest absolute Gasteiger partial charge is 0.378 e. The van der Waals surface area contributed by atoms with Crippen LogP contribution in [0, 0.1) is 0 Å². The number of hydrogen-bond donors (Lipinski definition) is 1. The highest BCUT2D eigenvalue weighted by atomic mass is 16.5. The van der Waals surface area contributed by atoms with Gasteiger partial charge in [0.25, 0.3) is 0 Å². The monoisotopic (exact) mass is 249 g/mol. The van der Waals surface area contributed by atoms with Crippen molar-refractivity contribution in [2.75, 3.05) is 18.5 Å². The van der Waals surface area contributed by atoms with Gasteiger partial charge in [0, 0.05) is 24.9 Å². The van der Waals surface area contributed by atoms with E-state index in [0.29, 0.717) is 12.0 Å². The summed E-state index contributed by atoms with van der Waals surface area (Å²) in [6.07, 6.45) is 6.83. The highest BCUT2D eigenvalue weighted by Gasteiger charge is 2.13. The van der Waals surface area contributed by atoms with Gasteiger partial charge in [0.15, 0.2) is 0 Å². The first-order chi connectivity index (χ1) is 8.75. The first kappa shape index (κ1) is 13.3. The van der Waals surface area contributed by atoms with Gasteiger partial charge in [-0.05, 0) is 31.6 Å². The van der Waals surface area contributed by atoms with Gasteiger partial charge in [0.2, 0.25) is 0 Å². The van der Waals surface area contributed by atoms with E-state index in [-0.39, 0.29) is 0 Å². The van der Waals surface area contributed by atoms with E-state index in [1.165, 1.54) is 19.3 Å². The van der Waals surface area contributed by atoms with Gasteiger partial charge in [-0.3, -0.25) is 0 Å². The lowest BCUT2D eigenvalue weighted by atomic mass is 10.1. The van der Waals surface area contributed by atoms with Crippen LogP contribution >= 0.6 is 0 Å². The quantitative estimate of drug-likeness (QED) is 0.871. The van der Waals surface area contributed by atoms with Crippen molar-refractivity contribution in [2.24, 2.45) is 0 Å². The van der Waals surface area contributed by atoms with Crippen LogP contribution in [0.3, 0.4) is 0 Å². The number of anilines is 1. The molecule has 0 bridgehead atoms. The molecular formula is C14H23N3O. The molecule has 18 heavy (non-hydrogen) atoms. The van der Waals surface area contributed by atoms with Crippen LogP contribution in [-0.2, 0) is 4.74 Å². The minimum atomic E-state index is 0.428. The van der Waals surface area contributed by atoms with E-state index in [9.17, 15) is 0 Å². The molecule has 1 saturated heterocycles. The van der Waals surface area contributed by atoms with Crippen molar-refractivity contribution < 1.29 is 4.74 Å². The van der Waals surface area contributed by atoms with Crippen molar-refractivity contribution in [3.05, 3.63) is 18.1 Å². The molecule has 1 aromatic heterocycles. The second-order valence-electron chi connectivity index (χ2n) is 5.19. The Morgan fingerprint density at radius 2 is 2.28 bits per heavy atom. The number of aromatic nitrogens is 2. The summed E-state index contributed by atoms with van der Waals surface area (Å²) in [4.78, 5) is 8.50. The van der Waals surface area contributed by atoms with Gasteiger partial charge < -0.3 is 10.1 Å². The molecule has 100 valence electrons. The van der Waals surface area contributed by atoms with Gasteiger partial charge in [0.05, 0.1) is 6.10 Å². The van der Waals surface area contributed by atoms with Crippen LogP contribution < -0.4 is 5.32 Å². The zero-order valence-electron chi connectivity index (χ0n) is 11.4.